The van der Waals surface area contributed by atoms with E-state index in [1.807, 2.05) is 24.3 Å². The summed E-state index contributed by atoms with van der Waals surface area (Å²) in [6, 6.07) is 17.7. The van der Waals surface area contributed by atoms with Crippen LogP contribution in [0.4, 0.5) is 10.5 Å². The summed E-state index contributed by atoms with van der Waals surface area (Å²) in [5.41, 5.74) is 2.83. The van der Waals surface area contributed by atoms with Crippen molar-refractivity contribution in [3.8, 4) is 6.07 Å². The van der Waals surface area contributed by atoms with E-state index in [4.69, 9.17) is 21.6 Å². The highest BCUT2D eigenvalue weighted by Gasteiger charge is 2.31. The van der Waals surface area contributed by atoms with Crippen molar-refractivity contribution >= 4 is 23.4 Å². The maximum atomic E-state index is 12.5. The van der Waals surface area contributed by atoms with Gasteiger partial charge in [-0.1, -0.05) is 36.6 Å². The van der Waals surface area contributed by atoms with Gasteiger partial charge < -0.3 is 15.0 Å². The number of rotatable bonds is 6. The van der Waals surface area contributed by atoms with Crippen molar-refractivity contribution < 1.29 is 9.53 Å². The van der Waals surface area contributed by atoms with Crippen molar-refractivity contribution in [1.29, 1.82) is 5.26 Å². The van der Waals surface area contributed by atoms with Crippen LogP contribution < -0.4 is 10.2 Å². The first-order chi connectivity index (χ1) is 16.1. The van der Waals surface area contributed by atoms with Gasteiger partial charge in [-0.3, -0.25) is 0 Å². The number of halogens is 1. The third-order valence-corrected chi connectivity index (χ3v) is 7.26. The van der Waals surface area contributed by atoms with Gasteiger partial charge in [0.25, 0.3) is 0 Å². The van der Waals surface area contributed by atoms with Crippen molar-refractivity contribution in [3.05, 3.63) is 64.7 Å². The van der Waals surface area contributed by atoms with E-state index in [0.29, 0.717) is 22.4 Å². The summed E-state index contributed by atoms with van der Waals surface area (Å²) >= 11 is 5.92. The molecule has 1 amide bonds. The van der Waals surface area contributed by atoms with Crippen molar-refractivity contribution in [2.45, 2.75) is 57.6 Å². The molecule has 6 heteroatoms. The Morgan fingerprint density at radius 2 is 1.82 bits per heavy atom. The van der Waals surface area contributed by atoms with Gasteiger partial charge in [0.05, 0.1) is 11.6 Å². The maximum absolute atomic E-state index is 12.5. The molecule has 33 heavy (non-hydrogen) atoms. The van der Waals surface area contributed by atoms with Gasteiger partial charge in [0, 0.05) is 29.8 Å². The Morgan fingerprint density at radius 3 is 2.58 bits per heavy atom. The standard InChI is InChI=1S/C27H32ClN3O2/c28-24-11-7-21(8-12-24)19-33-27(32)30-26-6-2-1-5-23(26)16-22-4-3-15-31(18-22)25-13-9-20(17-29)10-14-25/h7-14,22-23,26H,1-6,15-16,18-19H2,(H,30,32)/t22-,23+,26-/m1/s1. The maximum Gasteiger partial charge on any atom is 0.407 e. The molecule has 0 spiro atoms. The zero-order valence-electron chi connectivity index (χ0n) is 19.0. The molecule has 1 N–H and O–H groups in total. The Kier molecular flexibility index (Phi) is 8.12. The summed E-state index contributed by atoms with van der Waals surface area (Å²) in [6.07, 6.45) is 7.78. The van der Waals surface area contributed by atoms with Crippen molar-refractivity contribution in [2.75, 3.05) is 18.0 Å². The number of hydrogen-bond donors (Lipinski definition) is 1. The van der Waals surface area contributed by atoms with Crippen LogP contribution in [0.2, 0.25) is 5.02 Å². The number of hydrogen-bond acceptors (Lipinski definition) is 4. The van der Waals surface area contributed by atoms with E-state index in [1.54, 1.807) is 12.1 Å². The fourth-order valence-corrected chi connectivity index (χ4v) is 5.40. The van der Waals surface area contributed by atoms with Crippen LogP contribution in [0.25, 0.3) is 0 Å². The third kappa shape index (κ3) is 6.65. The molecular weight excluding hydrogens is 434 g/mol. The molecule has 1 heterocycles. The number of nitriles is 1. The van der Waals surface area contributed by atoms with Crippen LogP contribution in [0.1, 0.15) is 56.1 Å². The minimum absolute atomic E-state index is 0.182. The van der Waals surface area contributed by atoms with Crippen LogP contribution in [0, 0.1) is 23.2 Å². The van der Waals surface area contributed by atoms with E-state index >= 15 is 0 Å². The zero-order chi connectivity index (χ0) is 23.0. The molecule has 4 rings (SSSR count). The van der Waals surface area contributed by atoms with Gasteiger partial charge >= 0.3 is 6.09 Å². The fourth-order valence-electron chi connectivity index (χ4n) is 5.27. The number of anilines is 1. The molecular formula is C27H32ClN3O2. The second kappa shape index (κ2) is 11.4. The number of amides is 1. The predicted molar refractivity (Wildman–Crippen MR) is 131 cm³/mol. The van der Waals surface area contributed by atoms with E-state index in [1.165, 1.54) is 24.9 Å². The molecule has 174 valence electrons. The molecule has 0 aromatic heterocycles. The van der Waals surface area contributed by atoms with Crippen LogP contribution in [-0.2, 0) is 11.3 Å². The zero-order valence-corrected chi connectivity index (χ0v) is 19.8. The molecule has 5 nitrogen and oxygen atoms in total. The molecule has 2 aromatic rings. The summed E-state index contributed by atoms with van der Waals surface area (Å²) in [5.74, 6) is 1.11. The molecule has 0 bridgehead atoms. The Hall–Kier alpha value is -2.71. The van der Waals surface area contributed by atoms with Gasteiger partial charge in [-0.15, -0.1) is 0 Å². The summed E-state index contributed by atoms with van der Waals surface area (Å²) in [4.78, 5) is 14.9. The van der Waals surface area contributed by atoms with E-state index < -0.39 is 0 Å². The molecule has 1 saturated carbocycles. The summed E-state index contributed by atoms with van der Waals surface area (Å²) < 4.78 is 5.48. The van der Waals surface area contributed by atoms with Crippen LogP contribution in [-0.4, -0.2) is 25.2 Å². The minimum Gasteiger partial charge on any atom is -0.445 e. The fraction of sp³-hybridized carbons (Fsp3) is 0.481. The smallest absolute Gasteiger partial charge is 0.407 e. The van der Waals surface area contributed by atoms with Crippen molar-refractivity contribution in [2.24, 2.45) is 11.8 Å². The highest BCUT2D eigenvalue weighted by atomic mass is 35.5. The molecule has 0 radical (unpaired) electrons. The summed E-state index contributed by atoms with van der Waals surface area (Å²) in [5, 5.41) is 12.9. The van der Waals surface area contributed by atoms with Crippen LogP contribution in [0.15, 0.2) is 48.5 Å². The number of benzene rings is 2. The highest BCUT2D eigenvalue weighted by Crippen LogP contribution is 2.34. The normalized spacial score (nSPS) is 22.9. The third-order valence-electron chi connectivity index (χ3n) is 7.01. The monoisotopic (exact) mass is 465 g/mol. The molecule has 2 aromatic carbocycles. The first kappa shape index (κ1) is 23.4. The van der Waals surface area contributed by atoms with Crippen LogP contribution in [0.3, 0.4) is 0 Å². The second-order valence-corrected chi connectivity index (χ2v) is 9.78. The number of carbonyl (C=O) groups is 1. The van der Waals surface area contributed by atoms with Gasteiger partial charge in [0.2, 0.25) is 0 Å². The second-order valence-electron chi connectivity index (χ2n) is 9.35. The predicted octanol–water partition coefficient (Wildman–Crippen LogP) is 6.30. The van der Waals surface area contributed by atoms with Crippen LogP contribution >= 0.6 is 11.6 Å². The number of piperidine rings is 1. The van der Waals surface area contributed by atoms with E-state index in [0.717, 1.165) is 44.3 Å². The van der Waals surface area contributed by atoms with Gasteiger partial charge in [0.1, 0.15) is 6.61 Å². The van der Waals surface area contributed by atoms with E-state index in [-0.39, 0.29) is 18.7 Å². The van der Waals surface area contributed by atoms with Gasteiger partial charge in [0.15, 0.2) is 0 Å². The molecule has 1 aliphatic carbocycles. The molecule has 3 atom stereocenters. The molecule has 1 aliphatic heterocycles. The number of carbonyl (C=O) groups excluding carboxylic acids is 1. The number of ether oxygens (including phenoxy) is 1. The highest BCUT2D eigenvalue weighted by molar-refractivity contribution is 6.30. The number of nitrogens with zero attached hydrogens (tertiary/aromatic N) is 2. The SMILES string of the molecule is N#Cc1ccc(N2CCC[C@H](C[C@@H]3CCCC[C@H]3NC(=O)OCc3ccc(Cl)cc3)C2)cc1. The largest absolute Gasteiger partial charge is 0.445 e. The summed E-state index contributed by atoms with van der Waals surface area (Å²) in [6.45, 7) is 2.35. The lowest BCUT2D eigenvalue weighted by Crippen LogP contribution is -2.44. The van der Waals surface area contributed by atoms with Crippen LogP contribution in [0.5, 0.6) is 0 Å². The molecule has 2 aliphatic rings. The molecule has 2 fully saturated rings. The first-order valence-corrected chi connectivity index (χ1v) is 12.4. The lowest BCUT2D eigenvalue weighted by Gasteiger charge is -2.39. The summed E-state index contributed by atoms with van der Waals surface area (Å²) in [7, 11) is 0. The topological polar surface area (TPSA) is 65.4 Å². The number of nitrogens with one attached hydrogen (secondary N) is 1. The number of alkyl carbamates (subject to hydrolysis) is 1. The van der Waals surface area contributed by atoms with E-state index in [2.05, 4.69) is 28.4 Å². The Bertz CT molecular complexity index is 955. The van der Waals surface area contributed by atoms with Gasteiger partial charge in [-0.2, -0.15) is 5.26 Å². The lowest BCUT2D eigenvalue weighted by molar-refractivity contribution is 0.122. The Morgan fingerprint density at radius 1 is 1.06 bits per heavy atom. The minimum atomic E-state index is -0.329. The Labute approximate surface area is 201 Å². The van der Waals surface area contributed by atoms with Gasteiger partial charge in [-0.25, -0.2) is 4.79 Å². The average Bonchev–Trinajstić information content (AvgIpc) is 2.85. The average molecular weight is 466 g/mol. The molecule has 1 saturated heterocycles. The van der Waals surface area contributed by atoms with E-state index in [9.17, 15) is 4.79 Å². The lowest BCUT2D eigenvalue weighted by atomic mass is 9.77. The van der Waals surface area contributed by atoms with Crippen molar-refractivity contribution in [1.82, 2.24) is 5.32 Å². The van der Waals surface area contributed by atoms with Gasteiger partial charge in [-0.05, 0) is 85.9 Å². The Balaban J connectivity index is 1.29. The quantitative estimate of drug-likeness (QED) is 0.543. The first-order valence-electron chi connectivity index (χ1n) is 12.0. The van der Waals surface area contributed by atoms with Crippen molar-refractivity contribution in [3.63, 3.8) is 0 Å². The molecule has 0 unspecified atom stereocenters.